The van der Waals surface area contributed by atoms with Crippen molar-refractivity contribution in [2.24, 2.45) is 0 Å². The van der Waals surface area contributed by atoms with E-state index in [1.54, 1.807) is 36.4 Å². The Morgan fingerprint density at radius 2 is 1.42 bits per heavy atom. The van der Waals surface area contributed by atoms with E-state index in [-0.39, 0.29) is 5.91 Å². The minimum Gasteiger partial charge on any atom is -0.444 e. The van der Waals surface area contributed by atoms with Crippen LogP contribution < -0.4 is 5.32 Å². The molecular weight excluding hydrogens is 412 g/mol. The molecule has 0 saturated carbocycles. The van der Waals surface area contributed by atoms with Gasteiger partial charge in [0.15, 0.2) is 5.69 Å². The van der Waals surface area contributed by atoms with Gasteiger partial charge in [-0.3, -0.25) is 4.79 Å². The van der Waals surface area contributed by atoms with Gasteiger partial charge in [-0.15, -0.1) is 0 Å². The van der Waals surface area contributed by atoms with Crippen molar-refractivity contribution in [2.75, 3.05) is 6.54 Å². The molecule has 33 heavy (non-hydrogen) atoms. The molecule has 0 aliphatic carbocycles. The second-order valence-electron chi connectivity index (χ2n) is 8.33. The topological polar surface area (TPSA) is 59.8 Å². The first-order chi connectivity index (χ1) is 16.2. The number of rotatable bonds is 15. The molecule has 0 aliphatic heterocycles. The summed E-state index contributed by atoms with van der Waals surface area (Å²) in [5, 5.41) is 2.93. The van der Waals surface area contributed by atoms with Crippen LogP contribution >= 0.6 is 0 Å². The Hall–Kier alpha value is -3.13. The molecule has 1 atom stereocenters. The summed E-state index contributed by atoms with van der Waals surface area (Å²) in [6.45, 7) is 9.82. The third kappa shape index (κ3) is 9.91. The van der Waals surface area contributed by atoms with Crippen LogP contribution in [0.2, 0.25) is 0 Å². The standard InChI is InChI=1S/C28H36N2O3/c1-3-4-5-6-7-8-9-10-11-15-22-30-27(31)26(23-16-13-12-14-17-23)33-28(32)24-18-20-25(29-2)21-19-24/h12-14,16-21,26H,3-11,15,22H2,1H3,(H,30,31). The van der Waals surface area contributed by atoms with Gasteiger partial charge < -0.3 is 10.1 Å². The van der Waals surface area contributed by atoms with Crippen LogP contribution in [0.4, 0.5) is 5.69 Å². The first-order valence-corrected chi connectivity index (χ1v) is 12.2. The van der Waals surface area contributed by atoms with E-state index in [1.807, 2.05) is 18.2 Å². The van der Waals surface area contributed by atoms with Crippen LogP contribution in [0.3, 0.4) is 0 Å². The molecule has 0 aliphatic rings. The maximum Gasteiger partial charge on any atom is 0.339 e. The smallest absolute Gasteiger partial charge is 0.339 e. The van der Waals surface area contributed by atoms with E-state index in [1.165, 1.54) is 51.4 Å². The summed E-state index contributed by atoms with van der Waals surface area (Å²) in [4.78, 5) is 28.8. The number of carbonyl (C=O) groups is 2. The molecule has 0 fully saturated rings. The third-order valence-corrected chi connectivity index (χ3v) is 5.63. The molecule has 1 N–H and O–H groups in total. The number of unbranched alkanes of at least 4 members (excludes halogenated alkanes) is 9. The Balaban J connectivity index is 1.78. The van der Waals surface area contributed by atoms with Crippen molar-refractivity contribution in [3.05, 3.63) is 77.1 Å². The predicted octanol–water partition coefficient (Wildman–Crippen LogP) is 7.17. The second-order valence-corrected chi connectivity index (χ2v) is 8.33. The van der Waals surface area contributed by atoms with E-state index in [9.17, 15) is 9.59 Å². The normalized spacial score (nSPS) is 11.4. The van der Waals surface area contributed by atoms with Gasteiger partial charge in [0.25, 0.3) is 5.91 Å². The number of esters is 1. The zero-order valence-corrected chi connectivity index (χ0v) is 19.7. The van der Waals surface area contributed by atoms with Crippen molar-refractivity contribution >= 4 is 17.6 Å². The third-order valence-electron chi connectivity index (χ3n) is 5.63. The zero-order chi connectivity index (χ0) is 23.7. The molecule has 0 aromatic heterocycles. The summed E-state index contributed by atoms with van der Waals surface area (Å²) >= 11 is 0. The minimum absolute atomic E-state index is 0.311. The Kier molecular flexibility index (Phi) is 12.4. The molecule has 2 aromatic carbocycles. The van der Waals surface area contributed by atoms with Crippen LogP contribution in [0, 0.1) is 6.57 Å². The van der Waals surface area contributed by atoms with Crippen LogP contribution in [0.25, 0.3) is 4.85 Å². The highest BCUT2D eigenvalue weighted by Gasteiger charge is 2.25. The molecule has 1 unspecified atom stereocenters. The van der Waals surface area contributed by atoms with Gasteiger partial charge in [0, 0.05) is 12.1 Å². The number of amides is 1. The maximum atomic E-state index is 12.8. The van der Waals surface area contributed by atoms with Gasteiger partial charge in [-0.05, 0) is 6.42 Å². The van der Waals surface area contributed by atoms with Crippen molar-refractivity contribution in [1.82, 2.24) is 5.32 Å². The molecule has 176 valence electrons. The fraction of sp³-hybridized carbons (Fsp3) is 0.464. The molecule has 2 rings (SSSR count). The van der Waals surface area contributed by atoms with Gasteiger partial charge in [0.1, 0.15) is 0 Å². The Labute approximate surface area is 198 Å². The quantitative estimate of drug-likeness (QED) is 0.178. The highest BCUT2D eigenvalue weighted by molar-refractivity contribution is 5.93. The molecule has 0 saturated heterocycles. The fourth-order valence-electron chi connectivity index (χ4n) is 3.66. The van der Waals surface area contributed by atoms with Gasteiger partial charge in [-0.25, -0.2) is 9.64 Å². The highest BCUT2D eigenvalue weighted by Crippen LogP contribution is 2.21. The summed E-state index contributed by atoms with van der Waals surface area (Å²) in [6.07, 6.45) is 11.3. The van der Waals surface area contributed by atoms with Crippen LogP contribution in [0.5, 0.6) is 0 Å². The van der Waals surface area contributed by atoms with Crippen LogP contribution in [0.1, 0.15) is 93.2 Å². The predicted molar refractivity (Wildman–Crippen MR) is 132 cm³/mol. The fourth-order valence-corrected chi connectivity index (χ4v) is 3.66. The number of carbonyl (C=O) groups excluding carboxylic acids is 2. The van der Waals surface area contributed by atoms with Gasteiger partial charge in [0.2, 0.25) is 6.10 Å². The average molecular weight is 449 g/mol. The van der Waals surface area contributed by atoms with Crippen LogP contribution in [-0.2, 0) is 9.53 Å². The maximum absolute atomic E-state index is 12.8. The molecular formula is C28H36N2O3. The Bertz CT molecular complexity index is 872. The lowest BCUT2D eigenvalue weighted by atomic mass is 10.1. The number of hydrogen-bond donors (Lipinski definition) is 1. The molecule has 2 aromatic rings. The number of benzene rings is 2. The van der Waals surface area contributed by atoms with E-state index < -0.39 is 12.1 Å². The lowest BCUT2D eigenvalue weighted by Gasteiger charge is -2.18. The zero-order valence-electron chi connectivity index (χ0n) is 19.7. The largest absolute Gasteiger partial charge is 0.444 e. The lowest BCUT2D eigenvalue weighted by molar-refractivity contribution is -0.130. The molecule has 0 spiro atoms. The summed E-state index contributed by atoms with van der Waals surface area (Å²) in [5.41, 5.74) is 1.38. The number of nitrogens with one attached hydrogen (secondary N) is 1. The number of ether oxygens (including phenoxy) is 1. The second kappa shape index (κ2) is 15.6. The first-order valence-electron chi connectivity index (χ1n) is 12.2. The molecule has 0 bridgehead atoms. The van der Waals surface area contributed by atoms with Crippen molar-refractivity contribution in [3.8, 4) is 0 Å². The van der Waals surface area contributed by atoms with E-state index in [2.05, 4.69) is 17.1 Å². The SMILES string of the molecule is [C-]#[N+]c1ccc(C(=O)OC(C(=O)NCCCCCCCCCCCC)c2ccccc2)cc1. The summed E-state index contributed by atoms with van der Waals surface area (Å²) < 4.78 is 5.58. The van der Waals surface area contributed by atoms with Gasteiger partial charge in [-0.1, -0.05) is 119 Å². The summed E-state index contributed by atoms with van der Waals surface area (Å²) in [5.74, 6) is -0.905. The number of nitrogens with zero attached hydrogens (tertiary/aromatic N) is 1. The van der Waals surface area contributed by atoms with Gasteiger partial charge in [0.05, 0.1) is 12.1 Å². The Morgan fingerprint density at radius 1 is 0.848 bits per heavy atom. The summed E-state index contributed by atoms with van der Waals surface area (Å²) in [7, 11) is 0. The highest BCUT2D eigenvalue weighted by atomic mass is 16.5. The first kappa shape index (κ1) is 26.1. The summed E-state index contributed by atoms with van der Waals surface area (Å²) in [6, 6.07) is 15.2. The molecule has 1 amide bonds. The van der Waals surface area contributed by atoms with Crippen molar-refractivity contribution < 1.29 is 14.3 Å². The van der Waals surface area contributed by atoms with Crippen molar-refractivity contribution in [2.45, 2.75) is 77.2 Å². The molecule has 5 nitrogen and oxygen atoms in total. The van der Waals surface area contributed by atoms with Gasteiger partial charge in [-0.2, -0.15) is 0 Å². The Morgan fingerprint density at radius 3 is 2.00 bits per heavy atom. The van der Waals surface area contributed by atoms with E-state index in [4.69, 9.17) is 11.3 Å². The molecule has 0 radical (unpaired) electrons. The van der Waals surface area contributed by atoms with E-state index >= 15 is 0 Å². The lowest BCUT2D eigenvalue weighted by Crippen LogP contribution is -2.32. The van der Waals surface area contributed by atoms with E-state index in [0.29, 0.717) is 23.4 Å². The van der Waals surface area contributed by atoms with Crippen LogP contribution in [-0.4, -0.2) is 18.4 Å². The van der Waals surface area contributed by atoms with Crippen molar-refractivity contribution in [3.63, 3.8) is 0 Å². The average Bonchev–Trinajstić information content (AvgIpc) is 2.86. The van der Waals surface area contributed by atoms with Crippen molar-refractivity contribution in [1.29, 1.82) is 0 Å². The van der Waals surface area contributed by atoms with E-state index in [0.717, 1.165) is 12.8 Å². The molecule has 5 heteroatoms. The molecule has 0 heterocycles. The van der Waals surface area contributed by atoms with Crippen LogP contribution in [0.15, 0.2) is 54.6 Å². The minimum atomic E-state index is -1.01. The van der Waals surface area contributed by atoms with Gasteiger partial charge >= 0.3 is 5.97 Å². The monoisotopic (exact) mass is 448 g/mol. The number of hydrogen-bond acceptors (Lipinski definition) is 3.